The Morgan fingerprint density at radius 1 is 1.29 bits per heavy atom. The number of hydrogen-bond donors (Lipinski definition) is 0. The van der Waals surface area contributed by atoms with Crippen molar-refractivity contribution >= 4 is 23.2 Å². The van der Waals surface area contributed by atoms with Crippen LogP contribution in [-0.4, -0.2) is 15.6 Å². The molecule has 0 saturated carbocycles. The number of allylic oxidation sites excluding steroid dienone is 1. The Morgan fingerprint density at radius 3 is 2.71 bits per heavy atom. The summed E-state index contributed by atoms with van der Waals surface area (Å²) < 4.78 is 15.7. The lowest BCUT2D eigenvalue weighted by Crippen LogP contribution is -1.99. The number of benzene rings is 1. The summed E-state index contributed by atoms with van der Waals surface area (Å²) >= 11 is 1.48. The quantitative estimate of drug-likeness (QED) is 0.505. The van der Waals surface area contributed by atoms with Gasteiger partial charge in [0.15, 0.2) is 5.78 Å². The van der Waals surface area contributed by atoms with Crippen molar-refractivity contribution in [3.05, 3.63) is 70.1 Å². The summed E-state index contributed by atoms with van der Waals surface area (Å²) in [6, 6.07) is 8.62. The van der Waals surface area contributed by atoms with Crippen molar-refractivity contribution in [3.8, 4) is 10.4 Å². The molecule has 0 saturated heterocycles. The van der Waals surface area contributed by atoms with Gasteiger partial charge in [0.2, 0.25) is 0 Å². The molecule has 24 heavy (non-hydrogen) atoms. The fourth-order valence-electron chi connectivity index (χ4n) is 2.65. The third kappa shape index (κ3) is 3.08. The first-order valence-electron chi connectivity index (χ1n) is 7.53. The van der Waals surface area contributed by atoms with Crippen molar-refractivity contribution in [1.82, 2.24) is 9.78 Å². The van der Waals surface area contributed by atoms with Crippen molar-refractivity contribution in [2.75, 3.05) is 0 Å². The molecule has 0 fully saturated rings. The van der Waals surface area contributed by atoms with Gasteiger partial charge in [-0.3, -0.25) is 9.48 Å². The maximum absolute atomic E-state index is 14.0. The van der Waals surface area contributed by atoms with Gasteiger partial charge in [0.1, 0.15) is 5.82 Å². The molecule has 3 nitrogen and oxygen atoms in total. The maximum atomic E-state index is 14.0. The molecule has 0 unspecified atom stereocenters. The van der Waals surface area contributed by atoms with Gasteiger partial charge in [-0.1, -0.05) is 18.2 Å². The van der Waals surface area contributed by atoms with E-state index in [1.54, 1.807) is 22.9 Å². The Morgan fingerprint density at radius 2 is 2.08 bits per heavy atom. The van der Waals surface area contributed by atoms with E-state index in [2.05, 4.69) is 5.10 Å². The largest absolute Gasteiger partial charge is 0.289 e. The molecule has 0 aliphatic carbocycles. The van der Waals surface area contributed by atoms with E-state index in [0.29, 0.717) is 16.8 Å². The number of halogens is 1. The Bertz CT molecular complexity index is 923. The molecular formula is C19H17FN2OS. The lowest BCUT2D eigenvalue weighted by molar-refractivity contribution is 0.104. The second kappa shape index (κ2) is 6.53. The van der Waals surface area contributed by atoms with Gasteiger partial charge in [0, 0.05) is 23.2 Å². The zero-order chi connectivity index (χ0) is 17.3. The fraction of sp³-hybridized carbons (Fsp3) is 0.158. The van der Waals surface area contributed by atoms with E-state index in [1.165, 1.54) is 23.5 Å². The topological polar surface area (TPSA) is 34.9 Å². The summed E-state index contributed by atoms with van der Waals surface area (Å²) in [4.78, 5) is 13.3. The van der Waals surface area contributed by atoms with Crippen molar-refractivity contribution in [2.24, 2.45) is 7.05 Å². The molecule has 0 aliphatic heterocycles. The summed E-state index contributed by atoms with van der Waals surface area (Å²) in [5.74, 6) is -0.361. The third-order valence-corrected chi connectivity index (χ3v) is 4.86. The number of rotatable bonds is 4. The Labute approximate surface area is 144 Å². The molecule has 0 amide bonds. The summed E-state index contributed by atoms with van der Waals surface area (Å²) in [6.45, 7) is 3.69. The van der Waals surface area contributed by atoms with Gasteiger partial charge in [0.25, 0.3) is 0 Å². The second-order valence-corrected chi connectivity index (χ2v) is 6.53. The molecule has 2 aromatic heterocycles. The van der Waals surface area contributed by atoms with E-state index in [1.807, 2.05) is 38.4 Å². The SMILES string of the molecule is Cc1nn(C)c(C)c1C(=O)C=Cc1ccc(F)c(-c2cccs2)c1. The van der Waals surface area contributed by atoms with Gasteiger partial charge in [0.05, 0.1) is 11.3 Å². The zero-order valence-corrected chi connectivity index (χ0v) is 14.5. The van der Waals surface area contributed by atoms with E-state index < -0.39 is 0 Å². The van der Waals surface area contributed by atoms with Crippen LogP contribution in [0.25, 0.3) is 16.5 Å². The monoisotopic (exact) mass is 340 g/mol. The number of nitrogens with zero attached hydrogens (tertiary/aromatic N) is 2. The molecule has 0 atom stereocenters. The highest BCUT2D eigenvalue weighted by atomic mass is 32.1. The molecule has 1 aromatic carbocycles. The normalized spacial score (nSPS) is 11.3. The summed E-state index contributed by atoms with van der Waals surface area (Å²) in [7, 11) is 1.82. The van der Waals surface area contributed by atoms with E-state index in [-0.39, 0.29) is 11.6 Å². The molecule has 122 valence electrons. The number of ketones is 1. The van der Waals surface area contributed by atoms with Crippen LogP contribution in [0.4, 0.5) is 4.39 Å². The zero-order valence-electron chi connectivity index (χ0n) is 13.7. The number of thiophene rings is 1. The first kappa shape index (κ1) is 16.3. The van der Waals surface area contributed by atoms with Crippen molar-refractivity contribution in [3.63, 3.8) is 0 Å². The standard InChI is InChI=1S/C19H17FN2OS/c1-12-19(13(2)22(3)21-12)17(23)9-7-14-6-8-16(20)15(11-14)18-5-4-10-24-18/h4-11H,1-3H3. The smallest absolute Gasteiger partial charge is 0.189 e. The lowest BCUT2D eigenvalue weighted by atomic mass is 10.1. The molecule has 0 bridgehead atoms. The molecule has 5 heteroatoms. The van der Waals surface area contributed by atoms with Crippen molar-refractivity contribution < 1.29 is 9.18 Å². The summed E-state index contributed by atoms with van der Waals surface area (Å²) in [6.07, 6.45) is 3.23. The first-order valence-corrected chi connectivity index (χ1v) is 8.41. The number of aryl methyl sites for hydroxylation is 2. The van der Waals surface area contributed by atoms with Crippen LogP contribution in [0.15, 0.2) is 41.8 Å². The van der Waals surface area contributed by atoms with Crippen LogP contribution in [0, 0.1) is 19.7 Å². The van der Waals surface area contributed by atoms with E-state index in [0.717, 1.165) is 16.1 Å². The van der Waals surface area contributed by atoms with Crippen LogP contribution in [0.3, 0.4) is 0 Å². The predicted molar refractivity (Wildman–Crippen MR) is 95.8 cm³/mol. The molecule has 3 rings (SSSR count). The minimum atomic E-state index is -0.264. The van der Waals surface area contributed by atoms with Crippen molar-refractivity contribution in [1.29, 1.82) is 0 Å². The van der Waals surface area contributed by atoms with Crippen LogP contribution in [0.2, 0.25) is 0 Å². The minimum absolute atomic E-state index is 0.0971. The molecule has 3 aromatic rings. The second-order valence-electron chi connectivity index (χ2n) is 5.58. The highest BCUT2D eigenvalue weighted by Gasteiger charge is 2.15. The van der Waals surface area contributed by atoms with E-state index in [9.17, 15) is 9.18 Å². The molecule has 0 N–H and O–H groups in total. The summed E-state index contributed by atoms with van der Waals surface area (Å²) in [5.41, 5.74) is 3.50. The van der Waals surface area contributed by atoms with Crippen LogP contribution >= 0.6 is 11.3 Å². The minimum Gasteiger partial charge on any atom is -0.289 e. The number of carbonyl (C=O) groups excluding carboxylic acids is 1. The average Bonchev–Trinajstić information content (AvgIpc) is 3.15. The van der Waals surface area contributed by atoms with Crippen molar-refractivity contribution in [2.45, 2.75) is 13.8 Å². The van der Waals surface area contributed by atoms with E-state index >= 15 is 0 Å². The molecular weight excluding hydrogens is 323 g/mol. The van der Waals surface area contributed by atoms with Gasteiger partial charge in [-0.05, 0) is 49.1 Å². The molecule has 0 aliphatic rings. The van der Waals surface area contributed by atoms with Gasteiger partial charge in [-0.15, -0.1) is 11.3 Å². The Hall–Kier alpha value is -2.53. The van der Waals surface area contributed by atoms with Crippen LogP contribution in [0.1, 0.15) is 27.3 Å². The Kier molecular flexibility index (Phi) is 4.44. The molecule has 0 spiro atoms. The van der Waals surface area contributed by atoms with Gasteiger partial charge in [-0.2, -0.15) is 5.10 Å². The number of aromatic nitrogens is 2. The molecule has 0 radical (unpaired) electrons. The van der Waals surface area contributed by atoms with E-state index in [4.69, 9.17) is 0 Å². The maximum Gasteiger partial charge on any atom is 0.189 e. The van der Waals surface area contributed by atoms with Crippen LogP contribution in [-0.2, 0) is 7.05 Å². The molecule has 2 heterocycles. The van der Waals surface area contributed by atoms with Gasteiger partial charge >= 0.3 is 0 Å². The summed E-state index contributed by atoms with van der Waals surface area (Å²) in [5, 5.41) is 6.17. The fourth-order valence-corrected chi connectivity index (χ4v) is 3.40. The van der Waals surface area contributed by atoms with Gasteiger partial charge in [-0.25, -0.2) is 4.39 Å². The third-order valence-electron chi connectivity index (χ3n) is 3.96. The van der Waals surface area contributed by atoms with Crippen LogP contribution < -0.4 is 0 Å². The number of hydrogen-bond acceptors (Lipinski definition) is 3. The number of carbonyl (C=O) groups is 1. The highest BCUT2D eigenvalue weighted by Crippen LogP contribution is 2.28. The lowest BCUT2D eigenvalue weighted by Gasteiger charge is -2.02. The van der Waals surface area contributed by atoms with Gasteiger partial charge < -0.3 is 0 Å². The highest BCUT2D eigenvalue weighted by molar-refractivity contribution is 7.13. The predicted octanol–water partition coefficient (Wildman–Crippen LogP) is 4.80. The first-order chi connectivity index (χ1) is 11.5. The average molecular weight is 340 g/mol. The Balaban J connectivity index is 1.90. The van der Waals surface area contributed by atoms with Crippen LogP contribution in [0.5, 0.6) is 0 Å².